The first-order valence-electron chi connectivity index (χ1n) is 27.0. The average molecular weight is 1000 g/mol. The zero-order chi connectivity index (χ0) is 53.2. The number of fused-ring (bicyclic) bond motifs is 4. The summed E-state index contributed by atoms with van der Waals surface area (Å²) in [5.41, 5.74) is 19.5. The lowest BCUT2D eigenvalue weighted by molar-refractivity contribution is 0.479. The topological polar surface area (TPSA) is 33.5 Å². The van der Waals surface area contributed by atoms with Crippen molar-refractivity contribution >= 4 is 44.6 Å². The fourth-order valence-corrected chi connectivity index (χ4v) is 11.2. The van der Waals surface area contributed by atoms with Gasteiger partial charge in [0.15, 0.2) is 0 Å². The molecule has 2 aromatic heterocycles. The van der Waals surface area contributed by atoms with Crippen molar-refractivity contribution in [3.05, 3.63) is 241 Å². The summed E-state index contributed by atoms with van der Waals surface area (Å²) < 4.78 is 9.51. The number of nitrogens with zero attached hydrogens (tertiary/aromatic N) is 4. The molecule has 0 N–H and O–H groups in total. The van der Waals surface area contributed by atoms with Crippen LogP contribution in [-0.2, 0) is 16.2 Å². The van der Waals surface area contributed by atoms with E-state index in [1.165, 1.54) is 55.8 Å². The van der Waals surface area contributed by atoms with Crippen molar-refractivity contribution in [2.75, 3.05) is 16.5 Å². The zero-order valence-electron chi connectivity index (χ0n) is 45.8. The number of ether oxygens (including phenoxy) is 1. The van der Waals surface area contributed by atoms with Crippen molar-refractivity contribution in [1.29, 1.82) is 0 Å². The molecule has 0 unspecified atom stereocenters. The average Bonchev–Trinajstić information content (AvgIpc) is 4.08. The van der Waals surface area contributed by atoms with Crippen LogP contribution in [0, 0.1) is 0 Å². The van der Waals surface area contributed by atoms with Gasteiger partial charge in [-0.05, 0) is 115 Å². The Balaban J connectivity index is 0.985. The second-order valence-electron chi connectivity index (χ2n) is 23.8. The minimum absolute atomic E-state index is 0.0733. The lowest BCUT2D eigenvalue weighted by Gasteiger charge is -2.28. The Morgan fingerprint density at radius 3 is 1.56 bits per heavy atom. The lowest BCUT2D eigenvalue weighted by Crippen LogP contribution is -2.25. The molecule has 0 atom stereocenters. The molecule has 0 spiro atoms. The van der Waals surface area contributed by atoms with Crippen molar-refractivity contribution in [3.8, 4) is 61.8 Å². The van der Waals surface area contributed by atoms with E-state index in [4.69, 9.17) is 9.72 Å². The Hall–Kier alpha value is -8.67. The molecule has 11 aromatic rings. The molecule has 0 radical (unpaired) electrons. The van der Waals surface area contributed by atoms with Gasteiger partial charge in [0.25, 0.3) is 0 Å². The van der Waals surface area contributed by atoms with Crippen LogP contribution in [0.2, 0.25) is 0 Å². The van der Waals surface area contributed by atoms with Crippen LogP contribution in [0.1, 0.15) is 79.0 Å². The third-order valence-electron chi connectivity index (χ3n) is 15.4. The first-order valence-corrected chi connectivity index (χ1v) is 27.0. The summed E-state index contributed by atoms with van der Waals surface area (Å²) in [4.78, 5) is 10.2. The van der Waals surface area contributed by atoms with Crippen LogP contribution in [0.4, 0.5) is 22.7 Å². The monoisotopic (exact) mass is 1000 g/mol. The van der Waals surface area contributed by atoms with Gasteiger partial charge in [-0.3, -0.25) is 4.57 Å². The van der Waals surface area contributed by atoms with Crippen molar-refractivity contribution in [2.45, 2.75) is 78.6 Å². The largest absolute Gasteiger partial charge is 0.457 e. The van der Waals surface area contributed by atoms with E-state index >= 15 is 0 Å². The minimum atomic E-state index is -0.170. The van der Waals surface area contributed by atoms with Gasteiger partial charge in [0.05, 0.1) is 28.1 Å². The van der Waals surface area contributed by atoms with Crippen molar-refractivity contribution in [3.63, 3.8) is 0 Å². The third kappa shape index (κ3) is 9.35. The lowest BCUT2D eigenvalue weighted by atomic mass is 9.82. The molecule has 380 valence electrons. The van der Waals surface area contributed by atoms with Gasteiger partial charge in [-0.15, -0.1) is 0 Å². The maximum absolute atomic E-state index is 7.18. The summed E-state index contributed by atoms with van der Waals surface area (Å²) in [6.07, 6.45) is 2.06. The number of anilines is 4. The Morgan fingerprint density at radius 1 is 0.390 bits per heavy atom. The van der Waals surface area contributed by atoms with E-state index in [2.05, 4.69) is 301 Å². The van der Waals surface area contributed by atoms with Crippen LogP contribution < -0.4 is 14.5 Å². The fourth-order valence-electron chi connectivity index (χ4n) is 11.2. The normalized spacial score (nSPS) is 12.9. The Morgan fingerprint density at radius 2 is 0.961 bits per heavy atom. The predicted octanol–water partition coefficient (Wildman–Crippen LogP) is 19.8. The maximum Gasteiger partial charge on any atom is 0.137 e. The molecule has 12 rings (SSSR count). The van der Waals surface area contributed by atoms with Gasteiger partial charge in [-0.1, -0.05) is 214 Å². The van der Waals surface area contributed by atoms with E-state index in [0.29, 0.717) is 6.67 Å². The van der Waals surface area contributed by atoms with Crippen LogP contribution in [0.15, 0.2) is 225 Å². The molecule has 9 aromatic carbocycles. The van der Waals surface area contributed by atoms with Gasteiger partial charge in [-0.25, -0.2) is 4.98 Å². The molecule has 5 heteroatoms. The molecule has 0 bridgehead atoms. The number of pyridine rings is 1. The molecule has 0 fully saturated rings. The second kappa shape index (κ2) is 19.2. The highest BCUT2D eigenvalue weighted by atomic mass is 16.5. The van der Waals surface area contributed by atoms with Gasteiger partial charge in [-0.2, -0.15) is 0 Å². The SMILES string of the molecule is CC(C)(C)c1ccc(-c2ccc3c(c2)c2ccc(Oc4cc(N5CN(c6c(-c7ccccc7)cccc6-c6ccccc6)c6ccccc65)cc(C(C)(C)C)c4)cc2n3-c2cc(C(C)(C)C)c(-c3ccccc3)cn2)cc1. The first kappa shape index (κ1) is 49.2. The van der Waals surface area contributed by atoms with Gasteiger partial charge in [0.2, 0.25) is 0 Å². The summed E-state index contributed by atoms with van der Waals surface area (Å²) >= 11 is 0. The van der Waals surface area contributed by atoms with Crippen LogP contribution in [0.5, 0.6) is 11.5 Å². The molecule has 1 aliphatic heterocycles. The Kier molecular flexibility index (Phi) is 12.3. The highest BCUT2D eigenvalue weighted by molar-refractivity contribution is 6.11. The van der Waals surface area contributed by atoms with E-state index in [-0.39, 0.29) is 16.2 Å². The van der Waals surface area contributed by atoms with Gasteiger partial charge >= 0.3 is 0 Å². The summed E-state index contributed by atoms with van der Waals surface area (Å²) in [7, 11) is 0. The van der Waals surface area contributed by atoms with Crippen molar-refractivity contribution < 1.29 is 4.74 Å². The van der Waals surface area contributed by atoms with Crippen molar-refractivity contribution in [2.24, 2.45) is 0 Å². The summed E-state index contributed by atoms with van der Waals surface area (Å²) in [5, 5.41) is 2.30. The molecule has 3 heterocycles. The van der Waals surface area contributed by atoms with Gasteiger partial charge in [0.1, 0.15) is 24.0 Å². The predicted molar refractivity (Wildman–Crippen MR) is 325 cm³/mol. The van der Waals surface area contributed by atoms with Crippen LogP contribution >= 0.6 is 0 Å². The molecule has 5 nitrogen and oxygen atoms in total. The molecule has 77 heavy (non-hydrogen) atoms. The second-order valence-corrected chi connectivity index (χ2v) is 23.8. The minimum Gasteiger partial charge on any atom is -0.457 e. The Bertz CT molecular complexity index is 3910. The quantitative estimate of drug-likeness (QED) is 0.144. The third-order valence-corrected chi connectivity index (χ3v) is 15.4. The number of rotatable bonds is 9. The number of aromatic nitrogens is 2. The molecule has 0 amide bonds. The van der Waals surface area contributed by atoms with Crippen LogP contribution in [0.3, 0.4) is 0 Å². The molecule has 1 aliphatic rings. The highest BCUT2D eigenvalue weighted by Crippen LogP contribution is 2.51. The Labute approximate surface area is 454 Å². The number of hydrogen-bond acceptors (Lipinski definition) is 4. The van der Waals surface area contributed by atoms with Crippen molar-refractivity contribution in [1.82, 2.24) is 9.55 Å². The summed E-state index contributed by atoms with van der Waals surface area (Å²) in [6, 6.07) is 79.3. The number of para-hydroxylation sites is 3. The standard InChI is InChI=1S/C72H66N4O/c1-70(2,3)53-35-32-48(33-36-53)52-34-39-64-61(40-52)60-38-37-56(44-67(60)76(64)68-45-63(72(7,8)9)62(46-73-68)51-26-17-12-18-27-51)77-57-42-54(71(4,5)6)41-55(43-57)74-47-75(66-31-20-19-30-65(66)74)69-58(49-22-13-10-14-23-49)28-21-29-59(69)50-24-15-11-16-25-50/h10-46H,47H2,1-9H3. The fraction of sp³-hybridized carbons (Fsp3) is 0.181. The summed E-state index contributed by atoms with van der Waals surface area (Å²) in [6.45, 7) is 21.1. The molecular formula is C72H66N4O. The zero-order valence-corrected chi connectivity index (χ0v) is 45.8. The molecular weight excluding hydrogens is 937 g/mol. The number of hydrogen-bond donors (Lipinski definition) is 0. The van der Waals surface area contributed by atoms with Crippen LogP contribution in [-0.4, -0.2) is 16.2 Å². The number of benzene rings is 9. The molecule has 0 aliphatic carbocycles. The molecule has 0 saturated heterocycles. The van der Waals surface area contributed by atoms with Gasteiger partial charge < -0.3 is 14.5 Å². The van der Waals surface area contributed by atoms with E-state index in [1.54, 1.807) is 0 Å². The van der Waals surface area contributed by atoms with E-state index in [0.717, 1.165) is 67.3 Å². The van der Waals surface area contributed by atoms with Crippen LogP contribution in [0.25, 0.3) is 72.1 Å². The highest BCUT2D eigenvalue weighted by Gasteiger charge is 2.33. The molecule has 0 saturated carbocycles. The van der Waals surface area contributed by atoms with E-state index in [9.17, 15) is 0 Å². The van der Waals surface area contributed by atoms with E-state index < -0.39 is 0 Å². The summed E-state index contributed by atoms with van der Waals surface area (Å²) in [5.74, 6) is 2.40. The first-order chi connectivity index (χ1) is 37.1. The van der Waals surface area contributed by atoms with E-state index in [1.807, 2.05) is 0 Å². The smallest absolute Gasteiger partial charge is 0.137 e. The maximum atomic E-state index is 7.18. The van der Waals surface area contributed by atoms with Gasteiger partial charge in [0, 0.05) is 51.5 Å².